The molecule has 0 aromatic heterocycles. The van der Waals surface area contributed by atoms with Gasteiger partial charge in [-0.2, -0.15) is 0 Å². The van der Waals surface area contributed by atoms with E-state index in [0.29, 0.717) is 0 Å². The Morgan fingerprint density at radius 2 is 1.41 bits per heavy atom. The van der Waals surface area contributed by atoms with Gasteiger partial charge in [0.25, 0.3) is 0 Å². The minimum absolute atomic E-state index is 0.160. The molecule has 0 spiro atoms. The Kier molecular flexibility index (Phi) is 4.67. The molecule has 2 aromatic rings. The Morgan fingerprint density at radius 3 is 1.91 bits per heavy atom. The fourth-order valence-corrected chi connectivity index (χ4v) is 2.24. The molecular formula is C19H19N3. The summed E-state index contributed by atoms with van der Waals surface area (Å²) in [6.07, 6.45) is 9.27. The minimum Gasteiger partial charge on any atom is -0.326 e. The molecule has 1 aliphatic rings. The molecule has 3 rings (SSSR count). The van der Waals surface area contributed by atoms with Crippen molar-refractivity contribution in [1.82, 2.24) is 0 Å². The third-order valence-electron chi connectivity index (χ3n) is 3.33. The first kappa shape index (κ1) is 14.1. The number of aliphatic imine (C=N–C) groups is 1. The van der Waals surface area contributed by atoms with E-state index in [2.05, 4.69) is 28.9 Å². The first-order valence-electron chi connectivity index (χ1n) is 7.45. The highest BCUT2D eigenvalue weighted by atomic mass is 15.2. The molecule has 1 unspecified atom stereocenters. The standard InChI is InChI=1S/C19H19N3/c1-4-10-16(11-5-1)20-19(21-17-12-6-2-7-13-17)22-18-14-8-3-9-15-18/h1-14,18H,15H2,(H2,20,21,22). The van der Waals surface area contributed by atoms with Crippen LogP contribution in [0.4, 0.5) is 11.4 Å². The van der Waals surface area contributed by atoms with Crippen molar-refractivity contribution in [2.45, 2.75) is 12.5 Å². The maximum atomic E-state index is 4.78. The van der Waals surface area contributed by atoms with Crippen LogP contribution in [0, 0.1) is 0 Å². The molecule has 3 heteroatoms. The summed E-state index contributed by atoms with van der Waals surface area (Å²) in [5.74, 6) is 0.752. The molecule has 1 aliphatic carbocycles. The molecule has 0 amide bonds. The molecule has 110 valence electrons. The Balaban J connectivity index is 1.80. The number of hydrogen-bond donors (Lipinski definition) is 2. The fourth-order valence-electron chi connectivity index (χ4n) is 2.24. The number of benzene rings is 2. The predicted molar refractivity (Wildman–Crippen MR) is 94.2 cm³/mol. The molecule has 0 aliphatic heterocycles. The second kappa shape index (κ2) is 7.27. The van der Waals surface area contributed by atoms with Crippen LogP contribution in [0.3, 0.4) is 0 Å². The maximum absolute atomic E-state index is 4.78. The zero-order chi connectivity index (χ0) is 15.0. The highest BCUT2D eigenvalue weighted by Crippen LogP contribution is 2.12. The van der Waals surface area contributed by atoms with Gasteiger partial charge in [-0.25, -0.2) is 4.99 Å². The van der Waals surface area contributed by atoms with Crippen molar-refractivity contribution < 1.29 is 0 Å². The van der Waals surface area contributed by atoms with Crippen LogP contribution in [-0.2, 0) is 0 Å². The van der Waals surface area contributed by atoms with Crippen molar-refractivity contribution >= 4 is 17.3 Å². The van der Waals surface area contributed by atoms with Gasteiger partial charge < -0.3 is 10.6 Å². The van der Waals surface area contributed by atoms with Gasteiger partial charge >= 0.3 is 0 Å². The maximum Gasteiger partial charge on any atom is 0.200 e. The summed E-state index contributed by atoms with van der Waals surface area (Å²) < 4.78 is 0. The number of nitrogens with zero attached hydrogens (tertiary/aromatic N) is 1. The van der Waals surface area contributed by atoms with E-state index in [-0.39, 0.29) is 6.04 Å². The third kappa shape index (κ3) is 4.09. The normalized spacial score (nSPS) is 16.1. The van der Waals surface area contributed by atoms with Crippen LogP contribution in [0.15, 0.2) is 90.0 Å². The zero-order valence-electron chi connectivity index (χ0n) is 12.3. The summed E-state index contributed by atoms with van der Waals surface area (Å²) in [5, 5.41) is 6.71. The molecule has 0 saturated carbocycles. The summed E-state index contributed by atoms with van der Waals surface area (Å²) in [5.41, 5.74) is 2.03. The van der Waals surface area contributed by atoms with Crippen molar-refractivity contribution in [3.05, 3.63) is 85.0 Å². The summed E-state index contributed by atoms with van der Waals surface area (Å²) in [6.45, 7) is 0. The molecule has 0 bridgehead atoms. The van der Waals surface area contributed by atoms with E-state index >= 15 is 0 Å². The summed E-state index contributed by atoms with van der Waals surface area (Å²) in [6, 6.07) is 20.3. The summed E-state index contributed by atoms with van der Waals surface area (Å²) in [4.78, 5) is 4.78. The van der Waals surface area contributed by atoms with Gasteiger partial charge in [0.1, 0.15) is 0 Å². The van der Waals surface area contributed by atoms with Crippen molar-refractivity contribution in [1.29, 1.82) is 0 Å². The lowest BCUT2D eigenvalue weighted by Gasteiger charge is -2.16. The molecule has 0 fully saturated rings. The molecule has 2 aromatic carbocycles. The molecule has 22 heavy (non-hydrogen) atoms. The monoisotopic (exact) mass is 289 g/mol. The number of hydrogen-bond acceptors (Lipinski definition) is 1. The smallest absolute Gasteiger partial charge is 0.200 e. The Hall–Kier alpha value is -2.81. The molecule has 2 N–H and O–H groups in total. The molecular weight excluding hydrogens is 270 g/mol. The molecule has 0 saturated heterocycles. The number of allylic oxidation sites excluding steroid dienone is 2. The van der Waals surface area contributed by atoms with Crippen molar-refractivity contribution in [3.63, 3.8) is 0 Å². The summed E-state index contributed by atoms with van der Waals surface area (Å²) in [7, 11) is 0. The molecule has 3 nitrogen and oxygen atoms in total. The predicted octanol–water partition coefficient (Wildman–Crippen LogP) is 4.45. The number of anilines is 2. The van der Waals surface area contributed by atoms with Crippen LogP contribution in [0.1, 0.15) is 6.42 Å². The Morgan fingerprint density at radius 1 is 0.818 bits per heavy atom. The lowest BCUT2D eigenvalue weighted by Crippen LogP contribution is -2.24. The lowest BCUT2D eigenvalue weighted by atomic mass is 10.1. The topological polar surface area (TPSA) is 36.4 Å². The van der Waals surface area contributed by atoms with Crippen LogP contribution in [0.5, 0.6) is 0 Å². The average molecular weight is 289 g/mol. The van der Waals surface area contributed by atoms with Crippen LogP contribution < -0.4 is 10.6 Å². The SMILES string of the molecule is C1=CCC(N=C(Nc2ccccc2)Nc2ccccc2)C=C1. The van der Waals surface area contributed by atoms with Gasteiger partial charge in [0.05, 0.1) is 6.04 Å². The second-order valence-corrected chi connectivity index (χ2v) is 5.08. The Labute approximate surface area is 131 Å². The van der Waals surface area contributed by atoms with Crippen LogP contribution in [0.2, 0.25) is 0 Å². The van der Waals surface area contributed by atoms with Gasteiger partial charge in [-0.05, 0) is 30.7 Å². The van der Waals surface area contributed by atoms with Gasteiger partial charge in [-0.3, -0.25) is 0 Å². The quantitative estimate of drug-likeness (QED) is 0.647. The van der Waals surface area contributed by atoms with E-state index in [1.807, 2.05) is 66.7 Å². The van der Waals surface area contributed by atoms with E-state index in [9.17, 15) is 0 Å². The fraction of sp³-hybridized carbons (Fsp3) is 0.105. The van der Waals surface area contributed by atoms with E-state index in [1.54, 1.807) is 0 Å². The number of guanidine groups is 1. The highest BCUT2D eigenvalue weighted by molar-refractivity contribution is 6.03. The van der Waals surface area contributed by atoms with Crippen LogP contribution in [0.25, 0.3) is 0 Å². The molecule has 0 heterocycles. The average Bonchev–Trinajstić information content (AvgIpc) is 2.57. The molecule has 1 atom stereocenters. The first-order valence-corrected chi connectivity index (χ1v) is 7.45. The van der Waals surface area contributed by atoms with E-state index in [4.69, 9.17) is 4.99 Å². The van der Waals surface area contributed by atoms with Crippen molar-refractivity contribution in [3.8, 4) is 0 Å². The van der Waals surface area contributed by atoms with E-state index in [1.165, 1.54) is 0 Å². The van der Waals surface area contributed by atoms with Gasteiger partial charge in [0, 0.05) is 11.4 Å². The van der Waals surface area contributed by atoms with Crippen molar-refractivity contribution in [2.75, 3.05) is 10.6 Å². The minimum atomic E-state index is 0.160. The lowest BCUT2D eigenvalue weighted by molar-refractivity contribution is 0.826. The van der Waals surface area contributed by atoms with E-state index in [0.717, 1.165) is 23.8 Å². The van der Waals surface area contributed by atoms with E-state index < -0.39 is 0 Å². The largest absolute Gasteiger partial charge is 0.326 e. The highest BCUT2D eigenvalue weighted by Gasteiger charge is 2.07. The van der Waals surface area contributed by atoms with Gasteiger partial charge in [0.2, 0.25) is 5.96 Å². The van der Waals surface area contributed by atoms with Crippen LogP contribution in [-0.4, -0.2) is 12.0 Å². The Bertz CT molecular complexity index is 629. The second-order valence-electron chi connectivity index (χ2n) is 5.08. The van der Waals surface area contributed by atoms with Crippen LogP contribution >= 0.6 is 0 Å². The first-order chi connectivity index (χ1) is 10.9. The third-order valence-corrected chi connectivity index (χ3v) is 3.33. The molecule has 0 radical (unpaired) electrons. The number of para-hydroxylation sites is 2. The summed E-state index contributed by atoms with van der Waals surface area (Å²) >= 11 is 0. The van der Waals surface area contributed by atoms with Gasteiger partial charge in [-0.15, -0.1) is 0 Å². The number of nitrogens with one attached hydrogen (secondary N) is 2. The van der Waals surface area contributed by atoms with Crippen molar-refractivity contribution in [2.24, 2.45) is 4.99 Å². The zero-order valence-corrected chi connectivity index (χ0v) is 12.3. The number of rotatable bonds is 3. The van der Waals surface area contributed by atoms with Gasteiger partial charge in [-0.1, -0.05) is 60.7 Å². The van der Waals surface area contributed by atoms with Gasteiger partial charge in [0.15, 0.2) is 0 Å².